The highest BCUT2D eigenvalue weighted by Gasteiger charge is 2.43. The Bertz CT molecular complexity index is 327. The molecule has 2 saturated heterocycles. The normalized spacial score (nSPS) is 32.0. The standard InChI is InChI=1S/C14H27N3O2/c1-14(2)10-17(9-11-5-4-8-19-11)12(6-7-15)13(18)16(14)3/h11-12H,4-10,15H2,1-3H3. The third-order valence-corrected chi connectivity index (χ3v) is 4.46. The van der Waals surface area contributed by atoms with Crippen molar-refractivity contribution < 1.29 is 9.53 Å². The second-order valence-electron chi connectivity index (χ2n) is 6.37. The third kappa shape index (κ3) is 3.09. The Balaban J connectivity index is 2.09. The maximum atomic E-state index is 12.5. The van der Waals surface area contributed by atoms with Crippen LogP contribution in [0.4, 0.5) is 0 Å². The van der Waals surface area contributed by atoms with Gasteiger partial charge in [0.05, 0.1) is 12.1 Å². The molecule has 2 atom stereocenters. The number of carbonyl (C=O) groups excluding carboxylic acids is 1. The first-order valence-corrected chi connectivity index (χ1v) is 7.29. The molecule has 5 heteroatoms. The lowest BCUT2D eigenvalue weighted by atomic mass is 9.93. The average molecular weight is 269 g/mol. The Labute approximate surface area is 116 Å². The average Bonchev–Trinajstić information content (AvgIpc) is 2.84. The van der Waals surface area contributed by atoms with Gasteiger partial charge in [0.1, 0.15) is 0 Å². The summed E-state index contributed by atoms with van der Waals surface area (Å²) >= 11 is 0. The van der Waals surface area contributed by atoms with Crippen molar-refractivity contribution in [3.63, 3.8) is 0 Å². The van der Waals surface area contributed by atoms with Gasteiger partial charge < -0.3 is 15.4 Å². The van der Waals surface area contributed by atoms with E-state index in [2.05, 4.69) is 18.7 Å². The van der Waals surface area contributed by atoms with Crippen LogP contribution in [0.5, 0.6) is 0 Å². The first-order valence-electron chi connectivity index (χ1n) is 7.29. The van der Waals surface area contributed by atoms with E-state index in [1.165, 1.54) is 0 Å². The number of amides is 1. The van der Waals surface area contributed by atoms with Crippen molar-refractivity contribution in [2.75, 3.05) is 33.3 Å². The summed E-state index contributed by atoms with van der Waals surface area (Å²) in [6.07, 6.45) is 3.26. The van der Waals surface area contributed by atoms with E-state index in [4.69, 9.17) is 10.5 Å². The third-order valence-electron chi connectivity index (χ3n) is 4.46. The van der Waals surface area contributed by atoms with E-state index >= 15 is 0 Å². The fourth-order valence-electron chi connectivity index (χ4n) is 3.10. The van der Waals surface area contributed by atoms with Crippen molar-refractivity contribution in [1.82, 2.24) is 9.80 Å². The molecule has 0 aliphatic carbocycles. The highest BCUT2D eigenvalue weighted by atomic mass is 16.5. The number of rotatable bonds is 4. The van der Waals surface area contributed by atoms with Gasteiger partial charge in [-0.25, -0.2) is 0 Å². The van der Waals surface area contributed by atoms with Gasteiger partial charge in [-0.2, -0.15) is 0 Å². The summed E-state index contributed by atoms with van der Waals surface area (Å²) in [5.74, 6) is 0.194. The first kappa shape index (κ1) is 14.8. The maximum Gasteiger partial charge on any atom is 0.240 e. The maximum absolute atomic E-state index is 12.5. The lowest BCUT2D eigenvalue weighted by Crippen LogP contribution is -2.66. The number of likely N-dealkylation sites (N-methyl/N-ethyl adjacent to an activating group) is 1. The van der Waals surface area contributed by atoms with Crippen molar-refractivity contribution in [3.05, 3.63) is 0 Å². The van der Waals surface area contributed by atoms with Crippen LogP contribution < -0.4 is 5.73 Å². The van der Waals surface area contributed by atoms with Gasteiger partial charge in [-0.3, -0.25) is 9.69 Å². The molecule has 2 aliphatic rings. The van der Waals surface area contributed by atoms with E-state index in [1.807, 2.05) is 11.9 Å². The van der Waals surface area contributed by atoms with Crippen LogP contribution >= 0.6 is 0 Å². The van der Waals surface area contributed by atoms with Crippen LogP contribution in [0.25, 0.3) is 0 Å². The zero-order valence-electron chi connectivity index (χ0n) is 12.4. The SMILES string of the molecule is CN1C(=O)C(CCN)N(CC2CCCO2)CC1(C)C. The van der Waals surface area contributed by atoms with Gasteiger partial charge >= 0.3 is 0 Å². The van der Waals surface area contributed by atoms with Crippen molar-refractivity contribution in [2.24, 2.45) is 5.73 Å². The van der Waals surface area contributed by atoms with Gasteiger partial charge in [-0.1, -0.05) is 0 Å². The molecule has 0 bridgehead atoms. The molecule has 0 aromatic rings. The van der Waals surface area contributed by atoms with Crippen LogP contribution in [0, 0.1) is 0 Å². The molecule has 5 nitrogen and oxygen atoms in total. The number of piperazine rings is 1. The van der Waals surface area contributed by atoms with Crippen LogP contribution in [-0.4, -0.2) is 66.7 Å². The number of carbonyl (C=O) groups is 1. The predicted molar refractivity (Wildman–Crippen MR) is 74.9 cm³/mol. The molecule has 2 unspecified atom stereocenters. The predicted octanol–water partition coefficient (Wildman–Crippen LogP) is 0.435. The number of hydrogen-bond acceptors (Lipinski definition) is 4. The van der Waals surface area contributed by atoms with Gasteiger partial charge in [0, 0.05) is 32.3 Å². The summed E-state index contributed by atoms with van der Waals surface area (Å²) in [7, 11) is 1.90. The Morgan fingerprint density at radius 3 is 2.79 bits per heavy atom. The second-order valence-corrected chi connectivity index (χ2v) is 6.37. The molecule has 0 radical (unpaired) electrons. The van der Waals surface area contributed by atoms with Gasteiger partial charge in [0.2, 0.25) is 5.91 Å². The highest BCUT2D eigenvalue weighted by molar-refractivity contribution is 5.83. The van der Waals surface area contributed by atoms with E-state index in [9.17, 15) is 4.79 Å². The van der Waals surface area contributed by atoms with E-state index in [0.717, 1.165) is 39.0 Å². The topological polar surface area (TPSA) is 58.8 Å². The van der Waals surface area contributed by atoms with Crippen LogP contribution in [-0.2, 0) is 9.53 Å². The summed E-state index contributed by atoms with van der Waals surface area (Å²) in [5.41, 5.74) is 5.55. The van der Waals surface area contributed by atoms with E-state index in [0.29, 0.717) is 6.54 Å². The fraction of sp³-hybridized carbons (Fsp3) is 0.929. The lowest BCUT2D eigenvalue weighted by molar-refractivity contribution is -0.150. The Kier molecular flexibility index (Phi) is 4.48. The minimum atomic E-state index is -0.124. The molecule has 0 spiro atoms. The monoisotopic (exact) mass is 269 g/mol. The molecular formula is C14H27N3O2. The van der Waals surface area contributed by atoms with Gasteiger partial charge in [-0.05, 0) is 39.7 Å². The minimum absolute atomic E-state index is 0.0766. The molecule has 2 N–H and O–H groups in total. The van der Waals surface area contributed by atoms with E-state index < -0.39 is 0 Å². The summed E-state index contributed by atoms with van der Waals surface area (Å²) in [4.78, 5) is 16.7. The first-order chi connectivity index (χ1) is 8.95. The summed E-state index contributed by atoms with van der Waals surface area (Å²) in [6.45, 7) is 7.38. The molecule has 110 valence electrons. The zero-order chi connectivity index (χ0) is 14.0. The quantitative estimate of drug-likeness (QED) is 0.804. The Morgan fingerprint density at radius 1 is 1.47 bits per heavy atom. The Hall–Kier alpha value is -0.650. The molecule has 2 aliphatic heterocycles. The van der Waals surface area contributed by atoms with Crippen LogP contribution in [0.3, 0.4) is 0 Å². The summed E-state index contributed by atoms with van der Waals surface area (Å²) in [5, 5.41) is 0. The summed E-state index contributed by atoms with van der Waals surface area (Å²) < 4.78 is 5.71. The smallest absolute Gasteiger partial charge is 0.240 e. The molecule has 0 saturated carbocycles. The number of ether oxygens (including phenoxy) is 1. The largest absolute Gasteiger partial charge is 0.377 e. The van der Waals surface area contributed by atoms with Crippen molar-refractivity contribution in [2.45, 2.75) is 50.8 Å². The molecule has 2 fully saturated rings. The minimum Gasteiger partial charge on any atom is -0.377 e. The van der Waals surface area contributed by atoms with Gasteiger partial charge in [0.15, 0.2) is 0 Å². The molecule has 19 heavy (non-hydrogen) atoms. The zero-order valence-corrected chi connectivity index (χ0v) is 12.4. The van der Waals surface area contributed by atoms with Crippen LogP contribution in [0.1, 0.15) is 33.1 Å². The number of hydrogen-bond donors (Lipinski definition) is 1. The Morgan fingerprint density at radius 2 is 2.21 bits per heavy atom. The molecule has 1 amide bonds. The number of nitrogens with two attached hydrogens (primary N) is 1. The molecule has 0 aromatic carbocycles. The molecular weight excluding hydrogens is 242 g/mol. The van der Waals surface area contributed by atoms with E-state index in [1.54, 1.807) is 0 Å². The van der Waals surface area contributed by atoms with Gasteiger partial charge in [0.25, 0.3) is 0 Å². The van der Waals surface area contributed by atoms with Gasteiger partial charge in [-0.15, -0.1) is 0 Å². The lowest BCUT2D eigenvalue weighted by Gasteiger charge is -2.49. The van der Waals surface area contributed by atoms with Crippen molar-refractivity contribution in [1.29, 1.82) is 0 Å². The summed E-state index contributed by atoms with van der Waals surface area (Å²) in [6, 6.07) is -0.0766. The highest BCUT2D eigenvalue weighted by Crippen LogP contribution is 2.27. The van der Waals surface area contributed by atoms with Crippen molar-refractivity contribution >= 4 is 5.91 Å². The molecule has 2 heterocycles. The fourth-order valence-corrected chi connectivity index (χ4v) is 3.10. The van der Waals surface area contributed by atoms with Crippen LogP contribution in [0.2, 0.25) is 0 Å². The van der Waals surface area contributed by atoms with Crippen LogP contribution in [0.15, 0.2) is 0 Å². The number of nitrogens with zero attached hydrogens (tertiary/aromatic N) is 2. The second kappa shape index (κ2) is 5.77. The molecule has 2 rings (SSSR count). The van der Waals surface area contributed by atoms with E-state index in [-0.39, 0.29) is 23.6 Å². The van der Waals surface area contributed by atoms with Crippen molar-refractivity contribution in [3.8, 4) is 0 Å². The molecule has 0 aromatic heterocycles.